The van der Waals surface area contributed by atoms with Crippen molar-refractivity contribution in [2.24, 2.45) is 5.73 Å². The minimum atomic E-state index is -0.452. The number of likely N-dealkylation sites (tertiary alicyclic amines) is 1. The number of nitrogens with one attached hydrogen (secondary N) is 1. The molecule has 3 N–H and O–H groups in total. The molecule has 0 unspecified atom stereocenters. The van der Waals surface area contributed by atoms with Crippen LogP contribution in [0.4, 0.5) is 4.39 Å². The average molecular weight is 352 g/mol. The van der Waals surface area contributed by atoms with Gasteiger partial charge in [0.15, 0.2) is 0 Å². The van der Waals surface area contributed by atoms with Crippen LogP contribution in [0.3, 0.4) is 0 Å². The maximum Gasteiger partial charge on any atom is 0.236 e. The van der Waals surface area contributed by atoms with E-state index in [0.29, 0.717) is 0 Å². The predicted octanol–water partition coefficient (Wildman–Crippen LogP) is 2.10. The fraction of sp³-hybridized carbons (Fsp3) is 0.533. The topological polar surface area (TPSA) is 58.4 Å². The van der Waals surface area contributed by atoms with E-state index in [1.165, 1.54) is 12.1 Å². The van der Waals surface area contributed by atoms with E-state index in [2.05, 4.69) is 10.2 Å². The van der Waals surface area contributed by atoms with Gasteiger partial charge >= 0.3 is 0 Å². The zero-order chi connectivity index (χ0) is 14.5. The van der Waals surface area contributed by atoms with Gasteiger partial charge in [0.1, 0.15) is 5.82 Å². The van der Waals surface area contributed by atoms with Crippen LogP contribution in [-0.4, -0.2) is 36.0 Å². The zero-order valence-electron chi connectivity index (χ0n) is 12.6. The summed E-state index contributed by atoms with van der Waals surface area (Å²) in [5.41, 5.74) is 6.66. The van der Waals surface area contributed by atoms with Gasteiger partial charge in [-0.25, -0.2) is 4.39 Å². The molecule has 1 aliphatic heterocycles. The average Bonchev–Trinajstić information content (AvgIpc) is 2.43. The highest BCUT2D eigenvalue weighted by Gasteiger charge is 2.21. The van der Waals surface area contributed by atoms with Crippen LogP contribution in [-0.2, 0) is 11.3 Å². The molecule has 0 saturated carbocycles. The van der Waals surface area contributed by atoms with Crippen molar-refractivity contribution < 1.29 is 9.18 Å². The van der Waals surface area contributed by atoms with Crippen molar-refractivity contribution in [2.45, 2.75) is 38.4 Å². The summed E-state index contributed by atoms with van der Waals surface area (Å²) in [7, 11) is 0. The molecule has 7 heteroatoms. The van der Waals surface area contributed by atoms with E-state index in [4.69, 9.17) is 5.73 Å². The van der Waals surface area contributed by atoms with Crippen LogP contribution in [0.1, 0.15) is 25.3 Å². The van der Waals surface area contributed by atoms with E-state index in [1.54, 1.807) is 6.92 Å². The second-order valence-corrected chi connectivity index (χ2v) is 5.47. The van der Waals surface area contributed by atoms with Gasteiger partial charge in [0.2, 0.25) is 5.91 Å². The Morgan fingerprint density at radius 2 is 1.86 bits per heavy atom. The molecule has 1 aliphatic rings. The molecule has 0 bridgehead atoms. The Labute approximate surface area is 143 Å². The van der Waals surface area contributed by atoms with Crippen molar-refractivity contribution in [3.8, 4) is 0 Å². The number of amides is 1. The highest BCUT2D eigenvalue weighted by Crippen LogP contribution is 2.14. The maximum atomic E-state index is 12.8. The Bertz CT molecular complexity index is 449. The molecule has 126 valence electrons. The normalized spacial score (nSPS) is 17.0. The summed E-state index contributed by atoms with van der Waals surface area (Å²) in [6.07, 6.45) is 1.86. The van der Waals surface area contributed by atoms with Gasteiger partial charge in [0, 0.05) is 25.7 Å². The van der Waals surface area contributed by atoms with E-state index in [0.717, 1.165) is 38.0 Å². The second-order valence-electron chi connectivity index (χ2n) is 5.47. The first kappa shape index (κ1) is 21.1. The molecule has 1 aromatic carbocycles. The Hall–Kier alpha value is -0.880. The van der Waals surface area contributed by atoms with Crippen LogP contribution < -0.4 is 11.1 Å². The van der Waals surface area contributed by atoms with Gasteiger partial charge < -0.3 is 11.1 Å². The van der Waals surface area contributed by atoms with Crippen LogP contribution in [0.25, 0.3) is 0 Å². The van der Waals surface area contributed by atoms with E-state index < -0.39 is 6.04 Å². The summed E-state index contributed by atoms with van der Waals surface area (Å²) >= 11 is 0. The van der Waals surface area contributed by atoms with Crippen molar-refractivity contribution in [2.75, 3.05) is 13.1 Å². The number of nitrogens with two attached hydrogens (primary N) is 1. The van der Waals surface area contributed by atoms with Gasteiger partial charge in [-0.05, 0) is 37.5 Å². The molecule has 1 heterocycles. The minimum Gasteiger partial charge on any atom is -0.352 e. The molecule has 1 saturated heterocycles. The van der Waals surface area contributed by atoms with Crippen LogP contribution in [0.5, 0.6) is 0 Å². The van der Waals surface area contributed by atoms with Crippen LogP contribution in [0.15, 0.2) is 24.3 Å². The molecule has 4 nitrogen and oxygen atoms in total. The minimum absolute atomic E-state index is 0. The highest BCUT2D eigenvalue weighted by atomic mass is 35.5. The number of benzene rings is 1. The van der Waals surface area contributed by atoms with Gasteiger partial charge in [-0.2, -0.15) is 0 Å². The van der Waals surface area contributed by atoms with Crippen molar-refractivity contribution in [1.82, 2.24) is 10.2 Å². The fourth-order valence-electron chi connectivity index (χ4n) is 2.42. The molecule has 1 atom stereocenters. The number of halogens is 3. The van der Waals surface area contributed by atoms with E-state index in [9.17, 15) is 9.18 Å². The molecule has 1 fully saturated rings. The van der Waals surface area contributed by atoms with E-state index in [-0.39, 0.29) is 42.6 Å². The molecule has 0 spiro atoms. The standard InChI is InChI=1S/C15H22FN3O.2ClH/c1-11(17)15(20)18-14-6-8-19(9-7-14)10-12-2-4-13(16)5-3-12;;/h2-5,11,14H,6-10,17H2,1H3,(H,18,20);2*1H/t11-;;/m1../s1. The molecule has 0 aliphatic carbocycles. The van der Waals surface area contributed by atoms with Crippen molar-refractivity contribution in [3.05, 3.63) is 35.6 Å². The first-order chi connectivity index (χ1) is 9.54. The van der Waals surface area contributed by atoms with Gasteiger partial charge in [-0.3, -0.25) is 9.69 Å². The number of carbonyl (C=O) groups is 1. The number of hydrogen-bond acceptors (Lipinski definition) is 3. The number of hydrogen-bond donors (Lipinski definition) is 2. The highest BCUT2D eigenvalue weighted by molar-refractivity contribution is 5.85. The summed E-state index contributed by atoms with van der Waals surface area (Å²) in [5.74, 6) is -0.284. The molecular formula is C15H24Cl2FN3O. The third-order valence-corrected chi connectivity index (χ3v) is 3.67. The molecule has 0 aromatic heterocycles. The maximum absolute atomic E-state index is 12.8. The summed E-state index contributed by atoms with van der Waals surface area (Å²) in [4.78, 5) is 13.9. The van der Waals surface area contributed by atoms with Crippen molar-refractivity contribution in [3.63, 3.8) is 0 Å². The van der Waals surface area contributed by atoms with Gasteiger partial charge in [-0.1, -0.05) is 12.1 Å². The molecule has 1 amide bonds. The van der Waals surface area contributed by atoms with Crippen molar-refractivity contribution in [1.29, 1.82) is 0 Å². The van der Waals surface area contributed by atoms with Gasteiger partial charge in [-0.15, -0.1) is 24.8 Å². The molecule has 1 aromatic rings. The first-order valence-corrected chi connectivity index (χ1v) is 7.07. The molecule has 2 rings (SSSR count). The third-order valence-electron chi connectivity index (χ3n) is 3.67. The van der Waals surface area contributed by atoms with Crippen molar-refractivity contribution >= 4 is 30.7 Å². The number of rotatable bonds is 4. The molecule has 22 heavy (non-hydrogen) atoms. The lowest BCUT2D eigenvalue weighted by atomic mass is 10.0. The number of nitrogens with zero attached hydrogens (tertiary/aromatic N) is 1. The number of carbonyl (C=O) groups excluding carboxylic acids is 1. The number of piperidine rings is 1. The monoisotopic (exact) mass is 351 g/mol. The SMILES string of the molecule is C[C@@H](N)C(=O)NC1CCN(Cc2ccc(F)cc2)CC1.Cl.Cl. The lowest BCUT2D eigenvalue weighted by Crippen LogP contribution is -2.48. The zero-order valence-corrected chi connectivity index (χ0v) is 14.3. The summed E-state index contributed by atoms with van der Waals surface area (Å²) in [5, 5.41) is 2.97. The summed E-state index contributed by atoms with van der Waals surface area (Å²) in [6.45, 7) is 4.38. The summed E-state index contributed by atoms with van der Waals surface area (Å²) in [6, 6.07) is 6.39. The van der Waals surface area contributed by atoms with E-state index in [1.807, 2.05) is 12.1 Å². The predicted molar refractivity (Wildman–Crippen MR) is 91.0 cm³/mol. The van der Waals surface area contributed by atoms with Crippen LogP contribution in [0.2, 0.25) is 0 Å². The fourth-order valence-corrected chi connectivity index (χ4v) is 2.42. The Morgan fingerprint density at radius 1 is 1.32 bits per heavy atom. The quantitative estimate of drug-likeness (QED) is 0.873. The smallest absolute Gasteiger partial charge is 0.236 e. The molecule has 0 radical (unpaired) electrons. The van der Waals surface area contributed by atoms with Gasteiger partial charge in [0.05, 0.1) is 6.04 Å². The lowest BCUT2D eigenvalue weighted by molar-refractivity contribution is -0.123. The largest absolute Gasteiger partial charge is 0.352 e. The van der Waals surface area contributed by atoms with Crippen LogP contribution >= 0.6 is 24.8 Å². The summed E-state index contributed by atoms with van der Waals surface area (Å²) < 4.78 is 12.8. The molecular weight excluding hydrogens is 328 g/mol. The van der Waals surface area contributed by atoms with Crippen LogP contribution in [0, 0.1) is 5.82 Å². The third kappa shape index (κ3) is 6.48. The Balaban J connectivity index is 0.00000220. The first-order valence-electron chi connectivity index (χ1n) is 7.07. The van der Waals surface area contributed by atoms with E-state index >= 15 is 0 Å². The van der Waals surface area contributed by atoms with Gasteiger partial charge in [0.25, 0.3) is 0 Å². The Kier molecular flexibility index (Phi) is 9.60. The second kappa shape index (κ2) is 10.0. The lowest BCUT2D eigenvalue weighted by Gasteiger charge is -2.32. The Morgan fingerprint density at radius 3 is 2.36 bits per heavy atom.